The van der Waals surface area contributed by atoms with Crippen LogP contribution >= 0.6 is 0 Å². The Hall–Kier alpha value is -2.44. The van der Waals surface area contributed by atoms with Crippen molar-refractivity contribution in [3.63, 3.8) is 0 Å². The quantitative estimate of drug-likeness (QED) is 0.718. The van der Waals surface area contributed by atoms with Crippen LogP contribution in [0.15, 0.2) is 73.1 Å². The summed E-state index contributed by atoms with van der Waals surface area (Å²) >= 11 is 0. The van der Waals surface area contributed by atoms with Crippen LogP contribution < -0.4 is 4.72 Å². The van der Waals surface area contributed by atoms with Crippen molar-refractivity contribution in [2.75, 3.05) is 5.75 Å². The molecule has 0 fully saturated rings. The minimum Gasteiger partial charge on any atom is -0.241 e. The van der Waals surface area contributed by atoms with Crippen LogP contribution in [0.4, 0.5) is 0 Å². The number of nitrogens with zero attached hydrogens (tertiary/aromatic N) is 2. The molecule has 0 bridgehead atoms. The van der Waals surface area contributed by atoms with E-state index in [0.717, 1.165) is 16.8 Å². The molecule has 0 saturated heterocycles. The molecule has 0 atom stereocenters. The van der Waals surface area contributed by atoms with Gasteiger partial charge in [0, 0.05) is 18.9 Å². The summed E-state index contributed by atoms with van der Waals surface area (Å²) in [6, 6.07) is 19.1. The molecule has 1 N–H and O–H groups in total. The molecule has 3 rings (SSSR count). The van der Waals surface area contributed by atoms with Gasteiger partial charge in [0.05, 0.1) is 11.4 Å². The molecule has 2 aromatic carbocycles. The molecule has 0 spiro atoms. The van der Waals surface area contributed by atoms with E-state index in [1.807, 2.05) is 66.9 Å². The first-order valence-corrected chi connectivity index (χ1v) is 9.38. The molecule has 6 heteroatoms. The van der Waals surface area contributed by atoms with Crippen LogP contribution in [0.25, 0.3) is 5.69 Å². The Morgan fingerprint density at radius 1 is 0.958 bits per heavy atom. The Kier molecular flexibility index (Phi) is 5.08. The Labute approximate surface area is 142 Å². The fourth-order valence-corrected chi connectivity index (χ4v) is 3.43. The lowest BCUT2D eigenvalue weighted by molar-refractivity contribution is 0.580. The van der Waals surface area contributed by atoms with Crippen molar-refractivity contribution in [3.05, 3.63) is 84.2 Å². The highest BCUT2D eigenvalue weighted by molar-refractivity contribution is 7.89. The third-order valence-corrected chi connectivity index (χ3v) is 5.00. The number of hydrogen-bond acceptors (Lipinski definition) is 3. The van der Waals surface area contributed by atoms with E-state index in [-0.39, 0.29) is 12.3 Å². The molecule has 0 aliphatic carbocycles. The molecule has 0 unspecified atom stereocenters. The van der Waals surface area contributed by atoms with Crippen LogP contribution in [0, 0.1) is 0 Å². The maximum absolute atomic E-state index is 12.2. The second-order valence-electron chi connectivity index (χ2n) is 5.50. The summed E-state index contributed by atoms with van der Waals surface area (Å²) in [6.45, 7) is 0.270. The smallest absolute Gasteiger partial charge is 0.212 e. The van der Waals surface area contributed by atoms with Gasteiger partial charge in [0.25, 0.3) is 0 Å². The van der Waals surface area contributed by atoms with E-state index in [9.17, 15) is 8.42 Å². The molecule has 0 amide bonds. The van der Waals surface area contributed by atoms with Gasteiger partial charge >= 0.3 is 0 Å². The number of aromatic nitrogens is 2. The van der Waals surface area contributed by atoms with Crippen LogP contribution in [0.3, 0.4) is 0 Å². The van der Waals surface area contributed by atoms with Crippen LogP contribution in [-0.2, 0) is 23.0 Å². The summed E-state index contributed by atoms with van der Waals surface area (Å²) in [7, 11) is -3.32. The summed E-state index contributed by atoms with van der Waals surface area (Å²) in [5, 5.41) is 4.18. The van der Waals surface area contributed by atoms with Gasteiger partial charge in [-0.15, -0.1) is 0 Å². The average molecular weight is 341 g/mol. The van der Waals surface area contributed by atoms with Gasteiger partial charge in [-0.1, -0.05) is 42.5 Å². The minimum absolute atomic E-state index is 0.0792. The lowest BCUT2D eigenvalue weighted by atomic mass is 10.2. The van der Waals surface area contributed by atoms with Crippen molar-refractivity contribution < 1.29 is 8.42 Å². The van der Waals surface area contributed by atoms with Crippen molar-refractivity contribution in [1.82, 2.24) is 14.5 Å². The number of rotatable bonds is 7. The molecule has 124 valence electrons. The zero-order valence-electron chi connectivity index (χ0n) is 13.2. The van der Waals surface area contributed by atoms with E-state index < -0.39 is 10.0 Å². The van der Waals surface area contributed by atoms with Crippen molar-refractivity contribution >= 4 is 10.0 Å². The van der Waals surface area contributed by atoms with E-state index in [4.69, 9.17) is 0 Å². The second kappa shape index (κ2) is 7.42. The highest BCUT2D eigenvalue weighted by atomic mass is 32.2. The van der Waals surface area contributed by atoms with E-state index in [2.05, 4.69) is 9.82 Å². The normalized spacial score (nSPS) is 11.5. The number of hydrogen-bond donors (Lipinski definition) is 1. The van der Waals surface area contributed by atoms with Gasteiger partial charge in [0.15, 0.2) is 0 Å². The van der Waals surface area contributed by atoms with Crippen molar-refractivity contribution in [1.29, 1.82) is 0 Å². The van der Waals surface area contributed by atoms with E-state index >= 15 is 0 Å². The van der Waals surface area contributed by atoms with E-state index in [1.165, 1.54) is 0 Å². The largest absolute Gasteiger partial charge is 0.241 e. The number of sulfonamides is 1. The third-order valence-electron chi connectivity index (χ3n) is 3.68. The molecular formula is C18H19N3O2S. The summed E-state index contributed by atoms with van der Waals surface area (Å²) in [5.41, 5.74) is 2.82. The van der Waals surface area contributed by atoms with Crippen molar-refractivity contribution in [3.8, 4) is 5.69 Å². The SMILES string of the molecule is O=S(=O)(CCc1ccccc1)NCc1cccc(-n2cccn2)c1. The van der Waals surface area contributed by atoms with E-state index in [1.54, 1.807) is 10.9 Å². The molecule has 0 aliphatic rings. The first-order chi connectivity index (χ1) is 11.6. The maximum atomic E-state index is 12.2. The molecular weight excluding hydrogens is 322 g/mol. The fourth-order valence-electron chi connectivity index (χ4n) is 2.39. The van der Waals surface area contributed by atoms with Gasteiger partial charge in [-0.2, -0.15) is 5.10 Å². The van der Waals surface area contributed by atoms with Crippen LogP contribution in [-0.4, -0.2) is 24.0 Å². The van der Waals surface area contributed by atoms with Gasteiger partial charge in [-0.05, 0) is 35.7 Å². The highest BCUT2D eigenvalue weighted by Crippen LogP contribution is 2.10. The Morgan fingerprint density at radius 3 is 2.50 bits per heavy atom. The fraction of sp³-hybridized carbons (Fsp3) is 0.167. The first kappa shape index (κ1) is 16.4. The molecule has 24 heavy (non-hydrogen) atoms. The third kappa shape index (κ3) is 4.53. The average Bonchev–Trinajstić information content (AvgIpc) is 3.14. The van der Waals surface area contributed by atoms with E-state index in [0.29, 0.717) is 6.42 Å². The topological polar surface area (TPSA) is 64.0 Å². The van der Waals surface area contributed by atoms with Crippen molar-refractivity contribution in [2.24, 2.45) is 0 Å². The maximum Gasteiger partial charge on any atom is 0.212 e. The molecule has 1 aromatic heterocycles. The van der Waals surface area contributed by atoms with Crippen molar-refractivity contribution in [2.45, 2.75) is 13.0 Å². The lowest BCUT2D eigenvalue weighted by Gasteiger charge is -2.08. The van der Waals surface area contributed by atoms with Gasteiger partial charge in [0.2, 0.25) is 10.0 Å². The molecule has 5 nitrogen and oxygen atoms in total. The predicted molar refractivity (Wildman–Crippen MR) is 94.3 cm³/mol. The Bertz CT molecular complexity index is 876. The summed E-state index contributed by atoms with van der Waals surface area (Å²) < 4.78 is 28.7. The highest BCUT2D eigenvalue weighted by Gasteiger charge is 2.10. The lowest BCUT2D eigenvalue weighted by Crippen LogP contribution is -2.26. The molecule has 0 saturated carbocycles. The van der Waals surface area contributed by atoms with Gasteiger partial charge in [-0.25, -0.2) is 17.8 Å². The monoisotopic (exact) mass is 341 g/mol. The molecule has 1 heterocycles. The summed E-state index contributed by atoms with van der Waals surface area (Å²) in [5.74, 6) is 0.0792. The first-order valence-electron chi connectivity index (χ1n) is 7.73. The number of nitrogens with one attached hydrogen (secondary N) is 1. The second-order valence-corrected chi connectivity index (χ2v) is 7.42. The van der Waals surface area contributed by atoms with Crippen LogP contribution in [0.1, 0.15) is 11.1 Å². The zero-order chi connectivity index (χ0) is 16.8. The molecule has 0 radical (unpaired) electrons. The van der Waals surface area contributed by atoms with Crippen LogP contribution in [0.5, 0.6) is 0 Å². The van der Waals surface area contributed by atoms with Gasteiger partial charge in [0.1, 0.15) is 0 Å². The standard InChI is InChI=1S/C18H19N3O2S/c22-24(23,13-10-16-6-2-1-3-7-16)20-15-17-8-4-9-18(14-17)21-12-5-11-19-21/h1-9,11-12,14,20H,10,13,15H2. The number of aryl methyl sites for hydroxylation is 1. The summed E-state index contributed by atoms with van der Waals surface area (Å²) in [6.07, 6.45) is 4.06. The predicted octanol–water partition coefficient (Wildman–Crippen LogP) is 2.53. The minimum atomic E-state index is -3.32. The summed E-state index contributed by atoms with van der Waals surface area (Å²) in [4.78, 5) is 0. The van der Waals surface area contributed by atoms with Crippen LogP contribution in [0.2, 0.25) is 0 Å². The number of benzene rings is 2. The van der Waals surface area contributed by atoms with Gasteiger partial charge in [-0.3, -0.25) is 0 Å². The van der Waals surface area contributed by atoms with Gasteiger partial charge < -0.3 is 0 Å². The molecule has 0 aliphatic heterocycles. The molecule has 3 aromatic rings. The Morgan fingerprint density at radius 2 is 1.75 bits per heavy atom. The Balaban J connectivity index is 1.59. The zero-order valence-corrected chi connectivity index (χ0v) is 14.0.